The fourth-order valence-electron chi connectivity index (χ4n) is 0.835. The third kappa shape index (κ3) is 3.40. The van der Waals surface area contributed by atoms with Gasteiger partial charge in [-0.1, -0.05) is 25.9 Å². The smallest absolute Gasteiger partial charge is 0.233 e. The molecule has 0 aromatic rings. The normalized spacial score (nSPS) is 15.8. The number of nitrogens with zero attached hydrogens (tertiary/aromatic N) is 1. The van der Waals surface area contributed by atoms with Crippen LogP contribution in [0.15, 0.2) is 5.16 Å². The van der Waals surface area contributed by atoms with Gasteiger partial charge in [0.15, 0.2) is 5.84 Å². The van der Waals surface area contributed by atoms with Crippen LogP contribution < -0.4 is 11.1 Å². The van der Waals surface area contributed by atoms with Crippen molar-refractivity contribution in [3.8, 4) is 0 Å². The maximum atomic E-state index is 11.9. The molecule has 16 heavy (non-hydrogen) atoms. The Morgan fingerprint density at radius 3 is 2.06 bits per heavy atom. The van der Waals surface area contributed by atoms with E-state index in [9.17, 15) is 4.79 Å². The SMILES string of the molecule is CC(NC(=O)C(C)(C)C(N)=NO)C(C)(C)C. The summed E-state index contributed by atoms with van der Waals surface area (Å²) in [6, 6.07) is 0.00534. The van der Waals surface area contributed by atoms with Gasteiger partial charge in [-0.15, -0.1) is 0 Å². The van der Waals surface area contributed by atoms with E-state index >= 15 is 0 Å². The standard InChI is InChI=1S/C11H23N3O2/c1-7(10(2,3)4)13-9(15)11(5,6)8(12)14-16/h7,16H,1-6H3,(H2,12,14)(H,13,15). The number of carbonyl (C=O) groups excluding carboxylic acids is 1. The highest BCUT2D eigenvalue weighted by atomic mass is 16.4. The first kappa shape index (κ1) is 14.7. The van der Waals surface area contributed by atoms with Crippen LogP contribution in [0.5, 0.6) is 0 Å². The zero-order valence-electron chi connectivity index (χ0n) is 11.0. The molecule has 0 aromatic carbocycles. The summed E-state index contributed by atoms with van der Waals surface area (Å²) < 4.78 is 0. The quantitative estimate of drug-likeness (QED) is 0.295. The molecule has 0 aliphatic rings. The van der Waals surface area contributed by atoms with E-state index in [1.54, 1.807) is 13.8 Å². The molecule has 0 radical (unpaired) electrons. The van der Waals surface area contributed by atoms with Crippen LogP contribution in [0.1, 0.15) is 41.5 Å². The second-order valence-electron chi connectivity index (χ2n) is 5.67. The monoisotopic (exact) mass is 229 g/mol. The Morgan fingerprint density at radius 1 is 1.31 bits per heavy atom. The molecule has 0 saturated carbocycles. The predicted molar refractivity (Wildman–Crippen MR) is 64.2 cm³/mol. The summed E-state index contributed by atoms with van der Waals surface area (Å²) in [5.74, 6) is -0.337. The molecule has 0 saturated heterocycles. The number of oxime groups is 1. The molecule has 0 spiro atoms. The first-order chi connectivity index (χ1) is 7.03. The number of hydrogen-bond donors (Lipinski definition) is 3. The summed E-state index contributed by atoms with van der Waals surface area (Å²) in [4.78, 5) is 11.9. The van der Waals surface area contributed by atoms with E-state index in [1.807, 2.05) is 27.7 Å². The van der Waals surface area contributed by atoms with Gasteiger partial charge < -0.3 is 16.3 Å². The van der Waals surface area contributed by atoms with E-state index in [4.69, 9.17) is 10.9 Å². The van der Waals surface area contributed by atoms with Crippen LogP contribution in [-0.2, 0) is 4.79 Å². The number of rotatable bonds is 3. The minimum Gasteiger partial charge on any atom is -0.409 e. The van der Waals surface area contributed by atoms with Crippen molar-refractivity contribution in [2.45, 2.75) is 47.6 Å². The van der Waals surface area contributed by atoms with Crippen molar-refractivity contribution >= 4 is 11.7 Å². The van der Waals surface area contributed by atoms with Gasteiger partial charge in [0.25, 0.3) is 0 Å². The van der Waals surface area contributed by atoms with Crippen molar-refractivity contribution < 1.29 is 10.0 Å². The summed E-state index contributed by atoms with van der Waals surface area (Å²) >= 11 is 0. The molecule has 0 bridgehead atoms. The minimum atomic E-state index is -1.01. The highest BCUT2D eigenvalue weighted by Gasteiger charge is 2.35. The van der Waals surface area contributed by atoms with E-state index in [1.165, 1.54) is 0 Å². The van der Waals surface area contributed by atoms with E-state index in [0.29, 0.717) is 0 Å². The maximum absolute atomic E-state index is 11.9. The molecule has 1 amide bonds. The van der Waals surface area contributed by atoms with Gasteiger partial charge in [-0.2, -0.15) is 0 Å². The van der Waals surface area contributed by atoms with Gasteiger partial charge in [-0.3, -0.25) is 4.79 Å². The Kier molecular flexibility index (Phi) is 4.35. The van der Waals surface area contributed by atoms with Crippen molar-refractivity contribution in [2.24, 2.45) is 21.7 Å². The van der Waals surface area contributed by atoms with E-state index < -0.39 is 5.41 Å². The predicted octanol–water partition coefficient (Wildman–Crippen LogP) is 1.31. The van der Waals surface area contributed by atoms with Crippen molar-refractivity contribution in [1.82, 2.24) is 5.32 Å². The third-order valence-electron chi connectivity index (χ3n) is 2.96. The first-order valence-electron chi connectivity index (χ1n) is 5.32. The summed E-state index contributed by atoms with van der Waals surface area (Å²) in [5, 5.41) is 14.3. The largest absolute Gasteiger partial charge is 0.409 e. The van der Waals surface area contributed by atoms with Crippen molar-refractivity contribution in [3.63, 3.8) is 0 Å². The van der Waals surface area contributed by atoms with Gasteiger partial charge in [-0.05, 0) is 26.2 Å². The summed E-state index contributed by atoms with van der Waals surface area (Å²) in [7, 11) is 0. The molecular weight excluding hydrogens is 206 g/mol. The molecular formula is C11H23N3O2. The fraction of sp³-hybridized carbons (Fsp3) is 0.818. The van der Waals surface area contributed by atoms with Gasteiger partial charge in [-0.25, -0.2) is 0 Å². The zero-order valence-corrected chi connectivity index (χ0v) is 11.0. The Hall–Kier alpha value is -1.26. The van der Waals surface area contributed by atoms with Gasteiger partial charge in [0.1, 0.15) is 5.41 Å². The van der Waals surface area contributed by atoms with Crippen LogP contribution in [0.3, 0.4) is 0 Å². The highest BCUT2D eigenvalue weighted by molar-refractivity contribution is 6.05. The van der Waals surface area contributed by atoms with Crippen LogP contribution in [0.4, 0.5) is 0 Å². The molecule has 0 aliphatic carbocycles. The molecule has 1 atom stereocenters. The first-order valence-corrected chi connectivity index (χ1v) is 5.32. The lowest BCUT2D eigenvalue weighted by molar-refractivity contribution is -0.127. The third-order valence-corrected chi connectivity index (χ3v) is 2.96. The molecule has 0 aromatic heterocycles. The second kappa shape index (κ2) is 4.72. The highest BCUT2D eigenvalue weighted by Crippen LogP contribution is 2.21. The maximum Gasteiger partial charge on any atom is 0.233 e. The number of nitrogens with two attached hydrogens (primary N) is 1. The second-order valence-corrected chi connectivity index (χ2v) is 5.67. The Balaban J connectivity index is 4.72. The molecule has 94 valence electrons. The van der Waals surface area contributed by atoms with E-state index in [0.717, 1.165) is 0 Å². The number of carbonyl (C=O) groups is 1. The summed E-state index contributed by atoms with van der Waals surface area (Å²) in [5.41, 5.74) is 4.44. The molecule has 0 fully saturated rings. The average molecular weight is 229 g/mol. The number of amidine groups is 1. The number of amides is 1. The molecule has 1 unspecified atom stereocenters. The number of nitrogens with one attached hydrogen (secondary N) is 1. The average Bonchev–Trinajstić information content (AvgIpc) is 2.14. The fourth-order valence-corrected chi connectivity index (χ4v) is 0.835. The van der Waals surface area contributed by atoms with Gasteiger partial charge in [0.2, 0.25) is 5.91 Å². The van der Waals surface area contributed by atoms with Gasteiger partial charge in [0, 0.05) is 6.04 Å². The van der Waals surface area contributed by atoms with Crippen LogP contribution >= 0.6 is 0 Å². The van der Waals surface area contributed by atoms with E-state index in [2.05, 4.69) is 10.5 Å². The summed E-state index contributed by atoms with van der Waals surface area (Å²) in [6.45, 7) is 11.3. The van der Waals surface area contributed by atoms with Crippen LogP contribution in [0.25, 0.3) is 0 Å². The van der Waals surface area contributed by atoms with Crippen molar-refractivity contribution in [3.05, 3.63) is 0 Å². The van der Waals surface area contributed by atoms with Crippen LogP contribution in [0, 0.1) is 10.8 Å². The molecule has 5 heteroatoms. The van der Waals surface area contributed by atoms with Crippen LogP contribution in [0.2, 0.25) is 0 Å². The molecule has 4 N–H and O–H groups in total. The topological polar surface area (TPSA) is 87.7 Å². The van der Waals surface area contributed by atoms with Gasteiger partial charge >= 0.3 is 0 Å². The lowest BCUT2D eigenvalue weighted by atomic mass is 9.85. The zero-order chi connectivity index (χ0) is 13.1. The molecule has 5 nitrogen and oxygen atoms in total. The Morgan fingerprint density at radius 2 is 1.75 bits per heavy atom. The lowest BCUT2D eigenvalue weighted by Crippen LogP contribution is -2.51. The van der Waals surface area contributed by atoms with Gasteiger partial charge in [0.05, 0.1) is 0 Å². The Bertz CT molecular complexity index is 290. The van der Waals surface area contributed by atoms with Crippen molar-refractivity contribution in [2.75, 3.05) is 0 Å². The lowest BCUT2D eigenvalue weighted by Gasteiger charge is -2.31. The molecule has 0 aliphatic heterocycles. The Labute approximate surface area is 97.1 Å². The number of hydrogen-bond acceptors (Lipinski definition) is 3. The van der Waals surface area contributed by atoms with Crippen LogP contribution in [-0.4, -0.2) is 23.0 Å². The van der Waals surface area contributed by atoms with E-state index in [-0.39, 0.29) is 23.2 Å². The molecule has 0 rings (SSSR count). The summed E-state index contributed by atoms with van der Waals surface area (Å²) in [6.07, 6.45) is 0. The minimum absolute atomic E-state index is 0.00534. The molecule has 0 heterocycles. The van der Waals surface area contributed by atoms with Crippen molar-refractivity contribution in [1.29, 1.82) is 0 Å².